The lowest BCUT2D eigenvalue weighted by Crippen LogP contribution is -2.37. The summed E-state index contributed by atoms with van der Waals surface area (Å²) in [5.74, 6) is 0. The molecule has 0 aromatic heterocycles. The second-order valence-corrected chi connectivity index (χ2v) is 4.97. The molecule has 0 aliphatic rings. The number of rotatable bonds is 5. The molecule has 1 unspecified atom stereocenters. The third kappa shape index (κ3) is 2.99. The summed E-state index contributed by atoms with van der Waals surface area (Å²) in [4.78, 5) is 0. The summed E-state index contributed by atoms with van der Waals surface area (Å²) < 4.78 is 24.3. The molecule has 14 heavy (non-hydrogen) atoms. The average molecular weight is 215 g/mol. The third-order valence-electron chi connectivity index (χ3n) is 1.81. The standard InChI is InChI=1S/C8H13N3O2S/c1-3-11(6-4-5-9)14(12,13)8(2)7-10/h8H,3-4,6H2,1-2H3. The van der Waals surface area contributed by atoms with Gasteiger partial charge in [0.05, 0.1) is 12.1 Å². The van der Waals surface area contributed by atoms with Crippen molar-refractivity contribution in [2.45, 2.75) is 25.5 Å². The zero-order valence-corrected chi connectivity index (χ0v) is 9.08. The van der Waals surface area contributed by atoms with Crippen molar-refractivity contribution in [2.75, 3.05) is 13.1 Å². The topological polar surface area (TPSA) is 85.0 Å². The number of nitrogens with zero attached hydrogens (tertiary/aromatic N) is 3. The van der Waals surface area contributed by atoms with E-state index < -0.39 is 15.3 Å². The van der Waals surface area contributed by atoms with Gasteiger partial charge in [-0.1, -0.05) is 6.92 Å². The van der Waals surface area contributed by atoms with E-state index in [2.05, 4.69) is 0 Å². The van der Waals surface area contributed by atoms with Crippen molar-refractivity contribution >= 4 is 10.0 Å². The van der Waals surface area contributed by atoms with Gasteiger partial charge in [-0.2, -0.15) is 10.5 Å². The van der Waals surface area contributed by atoms with E-state index in [1.165, 1.54) is 6.92 Å². The summed E-state index contributed by atoms with van der Waals surface area (Å²) in [5, 5.41) is 15.8. The summed E-state index contributed by atoms with van der Waals surface area (Å²) in [6.07, 6.45) is 0.144. The molecule has 0 heterocycles. The first-order chi connectivity index (χ1) is 6.50. The van der Waals surface area contributed by atoms with Crippen LogP contribution in [-0.4, -0.2) is 31.1 Å². The number of sulfonamides is 1. The third-order valence-corrected chi connectivity index (χ3v) is 3.97. The molecule has 0 fully saturated rings. The van der Waals surface area contributed by atoms with Crippen LogP contribution in [0.25, 0.3) is 0 Å². The predicted octanol–water partition coefficient (Wildman–Crippen LogP) is 0.464. The fraction of sp³-hybridized carbons (Fsp3) is 0.750. The van der Waals surface area contributed by atoms with E-state index in [0.717, 1.165) is 4.31 Å². The van der Waals surface area contributed by atoms with Crippen LogP contribution in [0.4, 0.5) is 0 Å². The van der Waals surface area contributed by atoms with Crippen LogP contribution in [-0.2, 0) is 10.0 Å². The number of nitriles is 2. The number of hydrogen-bond acceptors (Lipinski definition) is 4. The summed E-state index contributed by atoms with van der Waals surface area (Å²) >= 11 is 0. The Kier molecular flexibility index (Phi) is 5.14. The minimum absolute atomic E-state index is 0.144. The Hall–Kier alpha value is -1.11. The maximum Gasteiger partial charge on any atom is 0.230 e. The highest BCUT2D eigenvalue weighted by molar-refractivity contribution is 7.89. The van der Waals surface area contributed by atoms with Gasteiger partial charge in [-0.25, -0.2) is 12.7 Å². The van der Waals surface area contributed by atoms with Gasteiger partial charge in [0.2, 0.25) is 10.0 Å². The van der Waals surface area contributed by atoms with Crippen molar-refractivity contribution in [1.82, 2.24) is 4.31 Å². The van der Waals surface area contributed by atoms with Crippen LogP contribution in [0.5, 0.6) is 0 Å². The Morgan fingerprint density at radius 1 is 1.43 bits per heavy atom. The molecule has 0 spiro atoms. The van der Waals surface area contributed by atoms with E-state index >= 15 is 0 Å². The smallest absolute Gasteiger partial charge is 0.211 e. The van der Waals surface area contributed by atoms with E-state index in [9.17, 15) is 8.42 Å². The average Bonchev–Trinajstić information content (AvgIpc) is 2.17. The molecule has 0 aromatic rings. The predicted molar refractivity (Wildman–Crippen MR) is 51.5 cm³/mol. The van der Waals surface area contributed by atoms with E-state index in [1.54, 1.807) is 13.0 Å². The maximum atomic E-state index is 11.6. The van der Waals surface area contributed by atoms with E-state index in [-0.39, 0.29) is 19.5 Å². The van der Waals surface area contributed by atoms with Crippen LogP contribution in [0, 0.1) is 22.7 Å². The molecule has 0 radical (unpaired) electrons. The van der Waals surface area contributed by atoms with E-state index in [4.69, 9.17) is 10.5 Å². The minimum atomic E-state index is -3.55. The van der Waals surface area contributed by atoms with Gasteiger partial charge < -0.3 is 0 Å². The normalized spacial score (nSPS) is 13.2. The largest absolute Gasteiger partial charge is 0.230 e. The Morgan fingerprint density at radius 2 is 2.00 bits per heavy atom. The monoisotopic (exact) mass is 215 g/mol. The van der Waals surface area contributed by atoms with Crippen molar-refractivity contribution in [3.63, 3.8) is 0 Å². The van der Waals surface area contributed by atoms with Crippen molar-refractivity contribution in [3.05, 3.63) is 0 Å². The summed E-state index contributed by atoms with van der Waals surface area (Å²) in [7, 11) is -3.55. The molecule has 6 heteroatoms. The van der Waals surface area contributed by atoms with Crippen molar-refractivity contribution in [2.24, 2.45) is 0 Å². The van der Waals surface area contributed by atoms with Gasteiger partial charge in [0, 0.05) is 19.5 Å². The van der Waals surface area contributed by atoms with Gasteiger partial charge in [0.15, 0.2) is 5.25 Å². The molecule has 5 nitrogen and oxygen atoms in total. The molecule has 0 rings (SSSR count). The molecule has 78 valence electrons. The van der Waals surface area contributed by atoms with Crippen LogP contribution < -0.4 is 0 Å². The van der Waals surface area contributed by atoms with Crippen molar-refractivity contribution in [1.29, 1.82) is 10.5 Å². The quantitative estimate of drug-likeness (QED) is 0.667. The van der Waals surface area contributed by atoms with Crippen molar-refractivity contribution < 1.29 is 8.42 Å². The molecule has 0 N–H and O–H groups in total. The molecule has 0 saturated heterocycles. The Labute approximate surface area is 84.6 Å². The van der Waals surface area contributed by atoms with Crippen molar-refractivity contribution in [3.8, 4) is 12.1 Å². The zero-order chi connectivity index (χ0) is 11.2. The second-order valence-electron chi connectivity index (χ2n) is 2.72. The van der Waals surface area contributed by atoms with Crippen LogP contribution in [0.3, 0.4) is 0 Å². The first-order valence-electron chi connectivity index (χ1n) is 4.26. The lowest BCUT2D eigenvalue weighted by molar-refractivity contribution is 0.432. The number of hydrogen-bond donors (Lipinski definition) is 0. The minimum Gasteiger partial charge on any atom is -0.211 e. The van der Waals surface area contributed by atoms with Gasteiger partial charge >= 0.3 is 0 Å². The van der Waals surface area contributed by atoms with Gasteiger partial charge in [-0.05, 0) is 6.92 Å². The Balaban J connectivity index is 4.70. The highest BCUT2D eigenvalue weighted by Gasteiger charge is 2.26. The van der Waals surface area contributed by atoms with Gasteiger partial charge in [0.25, 0.3) is 0 Å². The summed E-state index contributed by atoms with van der Waals surface area (Å²) in [5.41, 5.74) is 0. The highest BCUT2D eigenvalue weighted by Crippen LogP contribution is 2.08. The summed E-state index contributed by atoms with van der Waals surface area (Å²) in [6.45, 7) is 3.46. The lowest BCUT2D eigenvalue weighted by Gasteiger charge is -2.20. The molecule has 0 aromatic carbocycles. The van der Waals surface area contributed by atoms with Gasteiger partial charge in [0.1, 0.15) is 0 Å². The van der Waals surface area contributed by atoms with Crippen LogP contribution >= 0.6 is 0 Å². The molecule has 0 saturated carbocycles. The molecule has 0 bridgehead atoms. The van der Waals surface area contributed by atoms with Crippen LogP contribution in [0.2, 0.25) is 0 Å². The first-order valence-corrected chi connectivity index (χ1v) is 5.76. The molecule has 0 amide bonds. The first kappa shape index (κ1) is 12.9. The van der Waals surface area contributed by atoms with Gasteiger partial charge in [-0.3, -0.25) is 0 Å². The van der Waals surface area contributed by atoms with Gasteiger partial charge in [-0.15, -0.1) is 0 Å². The second kappa shape index (κ2) is 5.58. The fourth-order valence-electron chi connectivity index (χ4n) is 0.930. The van der Waals surface area contributed by atoms with Crippen LogP contribution in [0.1, 0.15) is 20.3 Å². The molecular formula is C8H13N3O2S. The zero-order valence-electron chi connectivity index (χ0n) is 8.27. The SMILES string of the molecule is CCN(CCC#N)S(=O)(=O)C(C)C#N. The van der Waals surface area contributed by atoms with Crippen LogP contribution in [0.15, 0.2) is 0 Å². The Bertz CT molecular complexity index is 350. The molecule has 0 aliphatic heterocycles. The lowest BCUT2D eigenvalue weighted by atomic mass is 10.5. The summed E-state index contributed by atoms with van der Waals surface area (Å²) in [6, 6.07) is 3.56. The molecular weight excluding hydrogens is 202 g/mol. The fourth-order valence-corrected chi connectivity index (χ4v) is 2.22. The molecule has 0 aliphatic carbocycles. The molecule has 1 atom stereocenters. The van der Waals surface area contributed by atoms with E-state index in [1.807, 2.05) is 6.07 Å². The Morgan fingerprint density at radius 3 is 2.36 bits per heavy atom. The highest BCUT2D eigenvalue weighted by atomic mass is 32.2. The maximum absolute atomic E-state index is 11.6. The van der Waals surface area contributed by atoms with E-state index in [0.29, 0.717) is 0 Å².